The molecule has 37 heavy (non-hydrogen) atoms. The summed E-state index contributed by atoms with van der Waals surface area (Å²) < 4.78 is 26.8. The molecule has 3 heteroatoms. The van der Waals surface area contributed by atoms with E-state index in [9.17, 15) is 8.42 Å². The average molecular weight is 509 g/mol. The second kappa shape index (κ2) is 10.5. The molecule has 0 aliphatic heterocycles. The van der Waals surface area contributed by atoms with Crippen LogP contribution in [0.1, 0.15) is 55.6 Å². The van der Waals surface area contributed by atoms with E-state index in [0.29, 0.717) is 9.79 Å². The van der Waals surface area contributed by atoms with Gasteiger partial charge in [0.05, 0.1) is 9.79 Å². The number of benzene rings is 4. The van der Waals surface area contributed by atoms with Gasteiger partial charge in [-0.3, -0.25) is 0 Å². The molecule has 0 aliphatic rings. The number of sulfone groups is 1. The van der Waals surface area contributed by atoms with Crippen LogP contribution in [-0.4, -0.2) is 8.42 Å². The molecule has 0 saturated carbocycles. The Balaban J connectivity index is 1.59. The third kappa shape index (κ3) is 5.62. The standard InChI is InChI=1S/C34H36O2S/c1-22-8-12-31(18-26(22)5)28(7)32-13-9-24(3)29(20-32)14-15-30-21-34(17-11-25(30)4)37(35,36)33-16-10-23(2)27(6)19-33/h8-13,16-21H,7,14-15H2,1-6H3. The summed E-state index contributed by atoms with van der Waals surface area (Å²) in [5.41, 5.74) is 12.5. The molecule has 0 fully saturated rings. The van der Waals surface area contributed by atoms with Crippen LogP contribution in [0, 0.1) is 41.5 Å². The van der Waals surface area contributed by atoms with E-state index in [4.69, 9.17) is 0 Å². The predicted octanol–water partition coefficient (Wildman–Crippen LogP) is 8.22. The van der Waals surface area contributed by atoms with Gasteiger partial charge in [-0.05, 0) is 140 Å². The predicted molar refractivity (Wildman–Crippen MR) is 155 cm³/mol. The minimum absolute atomic E-state index is 0.346. The van der Waals surface area contributed by atoms with Crippen molar-refractivity contribution in [2.45, 2.75) is 64.2 Å². The Morgan fingerprint density at radius 1 is 0.541 bits per heavy atom. The van der Waals surface area contributed by atoms with Crippen molar-refractivity contribution >= 4 is 15.4 Å². The van der Waals surface area contributed by atoms with Gasteiger partial charge < -0.3 is 0 Å². The van der Waals surface area contributed by atoms with Crippen molar-refractivity contribution in [3.8, 4) is 0 Å². The highest BCUT2D eigenvalue weighted by atomic mass is 32.2. The van der Waals surface area contributed by atoms with E-state index in [1.807, 2.05) is 39.0 Å². The molecule has 0 atom stereocenters. The maximum Gasteiger partial charge on any atom is 0.206 e. The summed E-state index contributed by atoms with van der Waals surface area (Å²) in [6.07, 6.45) is 1.59. The van der Waals surface area contributed by atoms with Gasteiger partial charge >= 0.3 is 0 Å². The highest BCUT2D eigenvalue weighted by Crippen LogP contribution is 2.28. The molecular weight excluding hydrogens is 472 g/mol. The summed E-state index contributed by atoms with van der Waals surface area (Å²) >= 11 is 0. The maximum absolute atomic E-state index is 13.4. The summed E-state index contributed by atoms with van der Waals surface area (Å²) in [6.45, 7) is 16.7. The molecule has 2 nitrogen and oxygen atoms in total. The second-order valence-corrected chi connectivity index (χ2v) is 12.2. The van der Waals surface area contributed by atoms with Gasteiger partial charge in [0.15, 0.2) is 0 Å². The molecule has 0 saturated heterocycles. The Bertz CT molecular complexity index is 1610. The van der Waals surface area contributed by atoms with E-state index in [1.165, 1.54) is 22.3 Å². The van der Waals surface area contributed by atoms with Gasteiger partial charge in [0.2, 0.25) is 9.84 Å². The van der Waals surface area contributed by atoms with Crippen molar-refractivity contribution in [2.75, 3.05) is 0 Å². The van der Waals surface area contributed by atoms with Crippen LogP contribution in [0.3, 0.4) is 0 Å². The van der Waals surface area contributed by atoms with Gasteiger partial charge in [0.1, 0.15) is 0 Å². The highest BCUT2D eigenvalue weighted by molar-refractivity contribution is 7.91. The first-order valence-electron chi connectivity index (χ1n) is 12.8. The normalized spacial score (nSPS) is 11.5. The van der Waals surface area contributed by atoms with Gasteiger partial charge in [-0.2, -0.15) is 0 Å². The zero-order valence-electron chi connectivity index (χ0n) is 22.8. The third-order valence-electron chi connectivity index (χ3n) is 7.64. The first-order chi connectivity index (χ1) is 17.5. The summed E-state index contributed by atoms with van der Waals surface area (Å²) in [6, 6.07) is 23.9. The van der Waals surface area contributed by atoms with Crippen molar-refractivity contribution in [1.82, 2.24) is 0 Å². The molecule has 0 aliphatic carbocycles. The molecule has 4 rings (SSSR count). The lowest BCUT2D eigenvalue weighted by Gasteiger charge is -2.14. The van der Waals surface area contributed by atoms with Gasteiger partial charge in [-0.15, -0.1) is 0 Å². The van der Waals surface area contributed by atoms with Crippen molar-refractivity contribution in [1.29, 1.82) is 0 Å². The Morgan fingerprint density at radius 3 is 1.54 bits per heavy atom. The highest BCUT2D eigenvalue weighted by Gasteiger charge is 2.19. The van der Waals surface area contributed by atoms with E-state index in [0.717, 1.165) is 51.8 Å². The molecule has 0 amide bonds. The molecule has 0 bridgehead atoms. The number of hydrogen-bond donors (Lipinski definition) is 0. The van der Waals surface area contributed by atoms with E-state index >= 15 is 0 Å². The Labute approximate surface area is 222 Å². The van der Waals surface area contributed by atoms with Crippen LogP contribution in [0.25, 0.3) is 5.57 Å². The summed E-state index contributed by atoms with van der Waals surface area (Å²) in [7, 11) is -3.58. The minimum Gasteiger partial charge on any atom is -0.219 e. The zero-order valence-corrected chi connectivity index (χ0v) is 23.6. The molecule has 0 unspecified atom stereocenters. The van der Waals surface area contributed by atoms with E-state index < -0.39 is 9.84 Å². The molecule has 4 aromatic carbocycles. The second-order valence-electron chi connectivity index (χ2n) is 10.3. The van der Waals surface area contributed by atoms with Crippen LogP contribution in [0.15, 0.2) is 89.2 Å². The van der Waals surface area contributed by atoms with Gasteiger partial charge in [0, 0.05) is 0 Å². The van der Waals surface area contributed by atoms with Crippen LogP contribution in [0.2, 0.25) is 0 Å². The van der Waals surface area contributed by atoms with Crippen LogP contribution < -0.4 is 0 Å². The molecule has 0 aromatic heterocycles. The molecular formula is C34H36O2S. The first kappa shape index (κ1) is 26.6. The number of hydrogen-bond acceptors (Lipinski definition) is 2. The zero-order chi connectivity index (χ0) is 26.9. The fourth-order valence-corrected chi connectivity index (χ4v) is 5.99. The number of aryl methyl sites for hydroxylation is 8. The van der Waals surface area contributed by atoms with Crippen molar-refractivity contribution in [2.24, 2.45) is 0 Å². The van der Waals surface area contributed by atoms with Gasteiger partial charge in [-0.25, -0.2) is 8.42 Å². The molecule has 0 spiro atoms. The van der Waals surface area contributed by atoms with Crippen molar-refractivity contribution < 1.29 is 8.42 Å². The molecule has 0 heterocycles. The largest absolute Gasteiger partial charge is 0.219 e. The van der Waals surface area contributed by atoms with Crippen molar-refractivity contribution in [3.63, 3.8) is 0 Å². The quantitative estimate of drug-likeness (QED) is 0.252. The molecule has 0 radical (unpaired) electrons. The van der Waals surface area contributed by atoms with Gasteiger partial charge in [0.25, 0.3) is 0 Å². The first-order valence-corrected chi connectivity index (χ1v) is 14.2. The fraction of sp³-hybridized carbons (Fsp3) is 0.235. The summed E-state index contributed by atoms with van der Waals surface area (Å²) in [5, 5.41) is 0. The monoisotopic (exact) mass is 508 g/mol. The van der Waals surface area contributed by atoms with E-state index in [-0.39, 0.29) is 0 Å². The lowest BCUT2D eigenvalue weighted by molar-refractivity contribution is 0.595. The third-order valence-corrected chi connectivity index (χ3v) is 9.39. The Hall–Kier alpha value is -3.43. The molecule has 190 valence electrons. The van der Waals surface area contributed by atoms with E-state index in [1.54, 1.807) is 18.2 Å². The van der Waals surface area contributed by atoms with E-state index in [2.05, 4.69) is 63.7 Å². The van der Waals surface area contributed by atoms with Crippen LogP contribution in [0.4, 0.5) is 0 Å². The summed E-state index contributed by atoms with van der Waals surface area (Å²) in [5.74, 6) is 0. The Morgan fingerprint density at radius 2 is 0.973 bits per heavy atom. The van der Waals surface area contributed by atoms with Crippen molar-refractivity contribution in [3.05, 3.63) is 135 Å². The topological polar surface area (TPSA) is 34.1 Å². The number of rotatable bonds is 7. The lowest BCUT2D eigenvalue weighted by atomic mass is 9.92. The smallest absolute Gasteiger partial charge is 0.206 e. The SMILES string of the molecule is C=C(c1ccc(C)c(C)c1)c1ccc(C)c(CCc2cc(S(=O)(=O)c3ccc(C)c(C)c3)ccc2C)c1. The molecule has 4 aromatic rings. The minimum atomic E-state index is -3.58. The van der Waals surface area contributed by atoms with Crippen LogP contribution in [-0.2, 0) is 22.7 Å². The fourth-order valence-electron chi connectivity index (χ4n) is 4.60. The Kier molecular flexibility index (Phi) is 7.57. The lowest BCUT2D eigenvalue weighted by Crippen LogP contribution is -2.05. The molecule has 0 N–H and O–H groups in total. The summed E-state index contributed by atoms with van der Waals surface area (Å²) in [4.78, 5) is 0.698. The van der Waals surface area contributed by atoms with Crippen LogP contribution in [0.5, 0.6) is 0 Å². The average Bonchev–Trinajstić information content (AvgIpc) is 2.87. The maximum atomic E-state index is 13.4. The van der Waals surface area contributed by atoms with Crippen LogP contribution >= 0.6 is 0 Å². The van der Waals surface area contributed by atoms with Gasteiger partial charge in [-0.1, -0.05) is 55.1 Å².